The Labute approximate surface area is 112 Å². The molecular weight excluding hydrogens is 272 g/mol. The maximum absolute atomic E-state index is 13.6. The Kier molecular flexibility index (Phi) is 4.11. The van der Waals surface area contributed by atoms with Crippen LogP contribution < -0.4 is 0 Å². The molecule has 0 N–H and O–H groups in total. The Morgan fingerprint density at radius 2 is 1.79 bits per heavy atom. The molecule has 6 heteroatoms. The van der Waals surface area contributed by atoms with Crippen LogP contribution >= 0.6 is 11.8 Å². The van der Waals surface area contributed by atoms with Crippen molar-refractivity contribution >= 4 is 17.4 Å². The first-order valence-electron chi connectivity index (χ1n) is 5.38. The van der Waals surface area contributed by atoms with Gasteiger partial charge < -0.3 is 0 Å². The van der Waals surface area contributed by atoms with Crippen LogP contribution in [0.15, 0.2) is 47.4 Å². The summed E-state index contributed by atoms with van der Waals surface area (Å²) >= 11 is 0.913. The number of hydrogen-bond acceptors (Lipinski definition) is 3. The van der Waals surface area contributed by atoms with E-state index < -0.39 is 22.2 Å². The number of benzene rings is 2. The van der Waals surface area contributed by atoms with Gasteiger partial charge in [0, 0.05) is 11.8 Å². The molecule has 0 fully saturated rings. The summed E-state index contributed by atoms with van der Waals surface area (Å²) in [6, 6.07) is 10.8. The molecule has 2 rings (SSSR count). The Hall–Kier alpha value is -1.95. The normalized spacial score (nSPS) is 10.4. The molecule has 0 amide bonds. The molecule has 19 heavy (non-hydrogen) atoms. The van der Waals surface area contributed by atoms with Gasteiger partial charge in [0.25, 0.3) is 5.69 Å². The van der Waals surface area contributed by atoms with Gasteiger partial charge in [0.2, 0.25) is 0 Å². The van der Waals surface area contributed by atoms with Crippen molar-refractivity contribution in [3.8, 4) is 0 Å². The van der Waals surface area contributed by atoms with E-state index in [0.29, 0.717) is 5.75 Å². The highest BCUT2D eigenvalue weighted by molar-refractivity contribution is 7.98. The van der Waals surface area contributed by atoms with E-state index in [1.54, 1.807) is 0 Å². The fourth-order valence-corrected chi connectivity index (χ4v) is 2.55. The second-order valence-corrected chi connectivity index (χ2v) is 4.73. The van der Waals surface area contributed by atoms with Crippen molar-refractivity contribution < 1.29 is 13.7 Å². The molecule has 0 unspecified atom stereocenters. The highest BCUT2D eigenvalue weighted by atomic mass is 32.2. The molecule has 0 saturated carbocycles. The van der Waals surface area contributed by atoms with Gasteiger partial charge in [0.15, 0.2) is 11.6 Å². The van der Waals surface area contributed by atoms with Crippen molar-refractivity contribution in [2.75, 3.05) is 0 Å². The van der Waals surface area contributed by atoms with Gasteiger partial charge in [-0.25, -0.2) is 8.78 Å². The van der Waals surface area contributed by atoms with Gasteiger partial charge in [0.1, 0.15) is 4.90 Å². The first-order valence-corrected chi connectivity index (χ1v) is 6.37. The average Bonchev–Trinajstić information content (AvgIpc) is 2.41. The van der Waals surface area contributed by atoms with E-state index in [0.717, 1.165) is 29.5 Å². The molecule has 0 aliphatic rings. The van der Waals surface area contributed by atoms with Gasteiger partial charge in [-0.2, -0.15) is 0 Å². The summed E-state index contributed by atoms with van der Waals surface area (Å²) in [7, 11) is 0. The molecule has 3 nitrogen and oxygen atoms in total. The van der Waals surface area contributed by atoms with Gasteiger partial charge in [-0.05, 0) is 11.6 Å². The lowest BCUT2D eigenvalue weighted by atomic mass is 10.2. The lowest BCUT2D eigenvalue weighted by molar-refractivity contribution is -0.388. The fourth-order valence-electron chi connectivity index (χ4n) is 1.53. The van der Waals surface area contributed by atoms with E-state index in [-0.39, 0.29) is 4.90 Å². The summed E-state index contributed by atoms with van der Waals surface area (Å²) in [4.78, 5) is 9.82. The van der Waals surface area contributed by atoms with Crippen molar-refractivity contribution in [3.05, 3.63) is 69.8 Å². The molecule has 0 aliphatic heterocycles. The van der Waals surface area contributed by atoms with E-state index in [2.05, 4.69) is 0 Å². The maximum atomic E-state index is 13.6. The molecule has 2 aromatic carbocycles. The molecule has 0 radical (unpaired) electrons. The Bertz CT molecular complexity index is 605. The van der Waals surface area contributed by atoms with Gasteiger partial charge in [0.05, 0.1) is 4.92 Å². The number of nitrogens with zero attached hydrogens (tertiary/aromatic N) is 1. The van der Waals surface area contributed by atoms with Gasteiger partial charge in [-0.15, -0.1) is 11.8 Å². The van der Waals surface area contributed by atoms with E-state index in [9.17, 15) is 18.9 Å². The standard InChI is InChI=1S/C13H9F2NO2S/c14-10-6-7-11(16(17)18)13(12(10)15)19-8-9-4-2-1-3-5-9/h1-7H,8H2. The minimum Gasteiger partial charge on any atom is -0.258 e. The SMILES string of the molecule is O=[N+]([O-])c1ccc(F)c(F)c1SCc1ccccc1. The van der Waals surface area contributed by atoms with Crippen molar-refractivity contribution in [2.45, 2.75) is 10.6 Å². The summed E-state index contributed by atoms with van der Waals surface area (Å²) < 4.78 is 26.8. The van der Waals surface area contributed by atoms with Gasteiger partial charge in [-0.3, -0.25) is 10.1 Å². The zero-order valence-corrected chi connectivity index (χ0v) is 10.5. The third-order valence-electron chi connectivity index (χ3n) is 2.45. The number of nitro benzene ring substituents is 1. The predicted octanol–water partition coefficient (Wildman–Crippen LogP) is 4.17. The minimum absolute atomic E-state index is 0.270. The molecule has 98 valence electrons. The first-order chi connectivity index (χ1) is 9.09. The topological polar surface area (TPSA) is 43.1 Å². The third kappa shape index (κ3) is 3.08. The number of thioether (sulfide) groups is 1. The molecule has 0 aliphatic carbocycles. The zero-order valence-electron chi connectivity index (χ0n) is 9.68. The van der Waals surface area contributed by atoms with E-state index in [1.807, 2.05) is 30.3 Å². The molecular formula is C13H9F2NO2S. The van der Waals surface area contributed by atoms with Gasteiger partial charge >= 0.3 is 0 Å². The molecule has 0 saturated heterocycles. The highest BCUT2D eigenvalue weighted by Crippen LogP contribution is 2.34. The van der Waals surface area contributed by atoms with Crippen molar-refractivity contribution in [3.63, 3.8) is 0 Å². The molecule has 0 spiro atoms. The van der Waals surface area contributed by atoms with Crippen LogP contribution in [0.5, 0.6) is 0 Å². The Morgan fingerprint density at radius 3 is 2.42 bits per heavy atom. The summed E-state index contributed by atoms with van der Waals surface area (Å²) in [5.74, 6) is -1.92. The monoisotopic (exact) mass is 281 g/mol. The molecule has 0 bridgehead atoms. The van der Waals surface area contributed by atoms with E-state index in [4.69, 9.17) is 0 Å². The highest BCUT2D eigenvalue weighted by Gasteiger charge is 2.21. The second kappa shape index (κ2) is 5.79. The molecule has 0 aromatic heterocycles. The quantitative estimate of drug-likeness (QED) is 0.480. The van der Waals surface area contributed by atoms with Crippen LogP contribution in [-0.4, -0.2) is 4.92 Å². The first kappa shape index (κ1) is 13.5. The lowest BCUT2D eigenvalue weighted by Gasteiger charge is -2.05. The van der Waals surface area contributed by atoms with E-state index >= 15 is 0 Å². The van der Waals surface area contributed by atoms with Crippen molar-refractivity contribution in [1.82, 2.24) is 0 Å². The zero-order chi connectivity index (χ0) is 13.8. The van der Waals surface area contributed by atoms with Crippen LogP contribution in [0.25, 0.3) is 0 Å². The predicted molar refractivity (Wildman–Crippen MR) is 69.0 cm³/mol. The smallest absolute Gasteiger partial charge is 0.258 e. The van der Waals surface area contributed by atoms with E-state index in [1.165, 1.54) is 0 Å². The molecule has 2 aromatic rings. The van der Waals surface area contributed by atoms with Crippen LogP contribution in [0.2, 0.25) is 0 Å². The van der Waals surface area contributed by atoms with Crippen molar-refractivity contribution in [1.29, 1.82) is 0 Å². The van der Waals surface area contributed by atoms with Crippen LogP contribution in [-0.2, 0) is 5.75 Å². The Morgan fingerprint density at radius 1 is 1.11 bits per heavy atom. The second-order valence-electron chi connectivity index (χ2n) is 3.74. The van der Waals surface area contributed by atoms with Crippen molar-refractivity contribution in [2.24, 2.45) is 0 Å². The maximum Gasteiger partial charge on any atom is 0.286 e. The third-order valence-corrected chi connectivity index (χ3v) is 3.61. The number of halogens is 2. The van der Waals surface area contributed by atoms with Crippen LogP contribution in [0.3, 0.4) is 0 Å². The Balaban J connectivity index is 2.28. The minimum atomic E-state index is -1.17. The average molecular weight is 281 g/mol. The van der Waals surface area contributed by atoms with Crippen LogP contribution in [0.4, 0.5) is 14.5 Å². The molecule has 0 atom stereocenters. The van der Waals surface area contributed by atoms with Gasteiger partial charge in [-0.1, -0.05) is 30.3 Å². The summed E-state index contributed by atoms with van der Waals surface area (Å²) in [6.45, 7) is 0. The molecule has 0 heterocycles. The number of hydrogen-bond donors (Lipinski definition) is 0. The summed E-state index contributed by atoms with van der Waals surface area (Å²) in [5, 5.41) is 10.8. The largest absolute Gasteiger partial charge is 0.286 e. The number of nitro groups is 1. The van der Waals surface area contributed by atoms with Crippen LogP contribution in [0, 0.1) is 21.7 Å². The summed E-state index contributed by atoms with van der Waals surface area (Å²) in [5.41, 5.74) is 0.463. The summed E-state index contributed by atoms with van der Waals surface area (Å²) in [6.07, 6.45) is 0. The number of rotatable bonds is 4. The van der Waals surface area contributed by atoms with Crippen LogP contribution in [0.1, 0.15) is 5.56 Å². The fraction of sp³-hybridized carbons (Fsp3) is 0.0769. The lowest BCUT2D eigenvalue weighted by Crippen LogP contribution is -1.96.